The molecule has 3 aromatic rings. The van der Waals surface area contributed by atoms with Crippen molar-refractivity contribution in [1.29, 1.82) is 0 Å². The summed E-state index contributed by atoms with van der Waals surface area (Å²) in [4.78, 5) is 21.0. The van der Waals surface area contributed by atoms with Crippen LogP contribution in [0.5, 0.6) is 0 Å². The van der Waals surface area contributed by atoms with Gasteiger partial charge in [0, 0.05) is 36.8 Å². The lowest BCUT2D eigenvalue weighted by atomic mass is 10.1. The largest absolute Gasteiger partial charge is 0.298 e. The molecule has 0 atom stereocenters. The van der Waals surface area contributed by atoms with E-state index in [0.29, 0.717) is 10.7 Å². The topological polar surface area (TPSA) is 63.1 Å². The zero-order chi connectivity index (χ0) is 17.2. The lowest BCUT2D eigenvalue weighted by Gasteiger charge is -2.23. The zero-order valence-corrected chi connectivity index (χ0v) is 14.8. The van der Waals surface area contributed by atoms with Crippen LogP contribution in [0.15, 0.2) is 42.7 Å². The van der Waals surface area contributed by atoms with Crippen molar-refractivity contribution in [2.75, 3.05) is 18.4 Å². The maximum Gasteiger partial charge on any atom is 0.259 e. The number of para-hydroxylation sites is 1. The first kappa shape index (κ1) is 16.0. The van der Waals surface area contributed by atoms with Crippen LogP contribution < -0.4 is 5.32 Å². The molecule has 128 valence electrons. The molecule has 0 saturated heterocycles. The van der Waals surface area contributed by atoms with E-state index in [1.807, 2.05) is 30.5 Å². The number of carbonyl (C=O) groups is 1. The quantitative estimate of drug-likeness (QED) is 0.783. The van der Waals surface area contributed by atoms with E-state index in [4.69, 9.17) is 0 Å². The second-order valence-electron chi connectivity index (χ2n) is 5.93. The van der Waals surface area contributed by atoms with Crippen LogP contribution in [0.3, 0.4) is 0 Å². The van der Waals surface area contributed by atoms with Gasteiger partial charge in [-0.15, -0.1) is 11.3 Å². The zero-order valence-electron chi connectivity index (χ0n) is 14.0. The molecule has 6 nitrogen and oxygen atoms in total. The van der Waals surface area contributed by atoms with Crippen molar-refractivity contribution in [3.05, 3.63) is 58.9 Å². The van der Waals surface area contributed by atoms with Gasteiger partial charge in [0.05, 0.1) is 16.9 Å². The number of rotatable bonds is 4. The summed E-state index contributed by atoms with van der Waals surface area (Å²) in [6, 6.07) is 9.28. The first-order valence-corrected chi connectivity index (χ1v) is 9.17. The maximum absolute atomic E-state index is 12.8. The Morgan fingerprint density at radius 2 is 2.20 bits per heavy atom. The van der Waals surface area contributed by atoms with Crippen LogP contribution in [0.25, 0.3) is 5.69 Å². The summed E-state index contributed by atoms with van der Waals surface area (Å²) in [5, 5.41) is 7.85. The Kier molecular flexibility index (Phi) is 4.33. The average molecular weight is 353 g/mol. The molecule has 3 heterocycles. The number of fused-ring (bicyclic) bond motifs is 1. The second kappa shape index (κ2) is 6.78. The maximum atomic E-state index is 12.8. The molecule has 1 amide bonds. The summed E-state index contributed by atoms with van der Waals surface area (Å²) >= 11 is 1.57. The third kappa shape index (κ3) is 3.20. The summed E-state index contributed by atoms with van der Waals surface area (Å²) in [6.45, 7) is 5.16. The van der Waals surface area contributed by atoms with Gasteiger partial charge in [-0.1, -0.05) is 19.1 Å². The molecular weight excluding hydrogens is 334 g/mol. The summed E-state index contributed by atoms with van der Waals surface area (Å²) in [6.07, 6.45) is 4.47. The first-order valence-electron chi connectivity index (χ1n) is 8.36. The molecule has 1 aliphatic heterocycles. The van der Waals surface area contributed by atoms with Crippen LogP contribution in [-0.4, -0.2) is 38.7 Å². The number of aromatic nitrogens is 3. The van der Waals surface area contributed by atoms with Gasteiger partial charge in [-0.3, -0.25) is 15.0 Å². The highest BCUT2D eigenvalue weighted by molar-refractivity contribution is 7.15. The van der Waals surface area contributed by atoms with E-state index in [2.05, 4.69) is 27.2 Å². The van der Waals surface area contributed by atoms with Crippen molar-refractivity contribution < 1.29 is 4.79 Å². The van der Waals surface area contributed by atoms with Gasteiger partial charge in [0.1, 0.15) is 0 Å². The van der Waals surface area contributed by atoms with E-state index in [0.717, 1.165) is 37.4 Å². The van der Waals surface area contributed by atoms with E-state index < -0.39 is 0 Å². The molecule has 1 N–H and O–H groups in total. The normalized spacial score (nSPS) is 14.3. The number of nitrogens with one attached hydrogen (secondary N) is 1. The number of hydrogen-bond donors (Lipinski definition) is 1. The molecule has 0 aliphatic carbocycles. The molecule has 0 bridgehead atoms. The molecule has 1 aliphatic rings. The monoisotopic (exact) mass is 353 g/mol. The Bertz CT molecular complexity index is 887. The fourth-order valence-electron chi connectivity index (χ4n) is 3.01. The van der Waals surface area contributed by atoms with Crippen molar-refractivity contribution in [3.63, 3.8) is 0 Å². The lowest BCUT2D eigenvalue weighted by Crippen LogP contribution is -2.29. The Balaban J connectivity index is 1.57. The number of benzene rings is 1. The summed E-state index contributed by atoms with van der Waals surface area (Å²) in [5.41, 5.74) is 2.45. The van der Waals surface area contributed by atoms with Crippen LogP contribution in [0.1, 0.15) is 27.9 Å². The minimum atomic E-state index is -0.162. The number of amides is 1. The van der Waals surface area contributed by atoms with Gasteiger partial charge in [-0.05, 0) is 24.7 Å². The van der Waals surface area contributed by atoms with Crippen LogP contribution in [0.2, 0.25) is 0 Å². The summed E-state index contributed by atoms with van der Waals surface area (Å²) < 4.78 is 1.70. The van der Waals surface area contributed by atoms with Gasteiger partial charge in [0.25, 0.3) is 5.91 Å². The molecule has 7 heteroatoms. The SMILES string of the molecule is CCN1CCc2nc(NC(=O)c3ccccc3-n3cccn3)sc2C1. The van der Waals surface area contributed by atoms with Crippen LogP contribution in [-0.2, 0) is 13.0 Å². The Labute approximate surface area is 150 Å². The predicted octanol–water partition coefficient (Wildman–Crippen LogP) is 2.96. The molecule has 25 heavy (non-hydrogen) atoms. The molecule has 0 saturated carbocycles. The molecule has 1 aromatic carbocycles. The smallest absolute Gasteiger partial charge is 0.259 e. The number of anilines is 1. The van der Waals surface area contributed by atoms with Gasteiger partial charge in [-0.2, -0.15) is 5.10 Å². The molecule has 2 aromatic heterocycles. The molecule has 0 spiro atoms. The predicted molar refractivity (Wildman–Crippen MR) is 98.3 cm³/mol. The van der Waals surface area contributed by atoms with Crippen molar-refractivity contribution in [3.8, 4) is 5.69 Å². The molecular formula is C18H19N5OS. The highest BCUT2D eigenvalue weighted by Gasteiger charge is 2.21. The standard InChI is InChI=1S/C18H19N5OS/c1-2-22-11-8-14-16(12-22)25-18(20-14)21-17(24)13-6-3-4-7-15(13)23-10-5-9-19-23/h3-7,9-10H,2,8,11-12H2,1H3,(H,20,21,24). The summed E-state index contributed by atoms with van der Waals surface area (Å²) in [5.74, 6) is -0.162. The van der Waals surface area contributed by atoms with E-state index in [9.17, 15) is 4.79 Å². The summed E-state index contributed by atoms with van der Waals surface area (Å²) in [7, 11) is 0. The third-order valence-corrected chi connectivity index (χ3v) is 5.38. The fraction of sp³-hybridized carbons (Fsp3) is 0.278. The number of hydrogen-bond acceptors (Lipinski definition) is 5. The van der Waals surface area contributed by atoms with Gasteiger partial charge in [0.2, 0.25) is 0 Å². The lowest BCUT2D eigenvalue weighted by molar-refractivity contribution is 0.102. The molecule has 0 fully saturated rings. The Morgan fingerprint density at radius 3 is 3.00 bits per heavy atom. The Morgan fingerprint density at radius 1 is 1.32 bits per heavy atom. The van der Waals surface area contributed by atoms with Gasteiger partial charge >= 0.3 is 0 Å². The number of nitrogens with zero attached hydrogens (tertiary/aromatic N) is 4. The Hall–Kier alpha value is -2.51. The third-order valence-electron chi connectivity index (χ3n) is 4.38. The van der Waals surface area contributed by atoms with Gasteiger partial charge < -0.3 is 0 Å². The molecule has 4 rings (SSSR count). The molecule has 0 radical (unpaired) electrons. The highest BCUT2D eigenvalue weighted by atomic mass is 32.1. The number of likely N-dealkylation sites (N-methyl/N-ethyl adjacent to an activating group) is 1. The van der Waals surface area contributed by atoms with Gasteiger partial charge in [-0.25, -0.2) is 9.67 Å². The van der Waals surface area contributed by atoms with Crippen LogP contribution in [0.4, 0.5) is 5.13 Å². The van der Waals surface area contributed by atoms with Crippen molar-refractivity contribution in [2.24, 2.45) is 0 Å². The van der Waals surface area contributed by atoms with E-state index >= 15 is 0 Å². The minimum absolute atomic E-state index is 0.162. The number of carbonyl (C=O) groups excluding carboxylic acids is 1. The van der Waals surface area contributed by atoms with Crippen molar-refractivity contribution in [2.45, 2.75) is 19.9 Å². The minimum Gasteiger partial charge on any atom is -0.298 e. The van der Waals surface area contributed by atoms with Crippen LogP contribution in [0, 0.1) is 0 Å². The number of thiazole rings is 1. The van der Waals surface area contributed by atoms with E-state index in [-0.39, 0.29) is 5.91 Å². The van der Waals surface area contributed by atoms with E-state index in [1.165, 1.54) is 4.88 Å². The average Bonchev–Trinajstić information content (AvgIpc) is 3.30. The molecule has 0 unspecified atom stereocenters. The van der Waals surface area contributed by atoms with E-state index in [1.54, 1.807) is 28.3 Å². The highest BCUT2D eigenvalue weighted by Crippen LogP contribution is 2.28. The van der Waals surface area contributed by atoms with Crippen molar-refractivity contribution >= 4 is 22.4 Å². The van der Waals surface area contributed by atoms with Crippen LogP contribution >= 0.6 is 11.3 Å². The fourth-order valence-corrected chi connectivity index (χ4v) is 4.06. The second-order valence-corrected chi connectivity index (χ2v) is 7.01. The van der Waals surface area contributed by atoms with Gasteiger partial charge in [0.15, 0.2) is 5.13 Å². The first-order chi connectivity index (χ1) is 12.2. The van der Waals surface area contributed by atoms with Crippen molar-refractivity contribution in [1.82, 2.24) is 19.7 Å².